The van der Waals surface area contributed by atoms with E-state index < -0.39 is 29.8 Å². The first-order valence-corrected chi connectivity index (χ1v) is 5.60. The van der Waals surface area contributed by atoms with Gasteiger partial charge in [0.1, 0.15) is 11.5 Å². The van der Waals surface area contributed by atoms with Gasteiger partial charge in [-0.25, -0.2) is 4.39 Å². The third-order valence-corrected chi connectivity index (χ3v) is 2.81. The molecule has 0 saturated heterocycles. The van der Waals surface area contributed by atoms with Crippen molar-refractivity contribution in [2.75, 3.05) is 5.73 Å². The van der Waals surface area contributed by atoms with Crippen molar-refractivity contribution in [3.63, 3.8) is 0 Å². The topological polar surface area (TPSA) is 48.0 Å². The van der Waals surface area contributed by atoms with Crippen LogP contribution in [0.5, 0.6) is 0 Å². The molecule has 3 nitrogen and oxygen atoms in total. The van der Waals surface area contributed by atoms with Crippen LogP contribution in [-0.2, 0) is 12.7 Å². The highest BCUT2D eigenvalue weighted by atomic mass is 19.4. The van der Waals surface area contributed by atoms with Crippen LogP contribution in [0.3, 0.4) is 0 Å². The molecule has 0 aliphatic rings. The van der Waals surface area contributed by atoms with Gasteiger partial charge in [0.15, 0.2) is 0 Å². The highest BCUT2D eigenvalue weighted by molar-refractivity contribution is 5.47. The van der Waals surface area contributed by atoms with Crippen molar-refractivity contribution < 1.29 is 17.6 Å². The SMILES string of the molecule is Nc1cccc(F)c1Cn1c(C(F)(F)F)cccc1=O. The lowest BCUT2D eigenvalue weighted by atomic mass is 10.1. The normalized spacial score (nSPS) is 11.6. The predicted molar refractivity (Wildman–Crippen MR) is 65.6 cm³/mol. The molecule has 2 N–H and O–H groups in total. The van der Waals surface area contributed by atoms with E-state index in [-0.39, 0.29) is 11.3 Å². The lowest BCUT2D eigenvalue weighted by molar-refractivity contribution is -0.144. The minimum atomic E-state index is -4.71. The van der Waals surface area contributed by atoms with Gasteiger partial charge in [-0.3, -0.25) is 9.36 Å². The van der Waals surface area contributed by atoms with Gasteiger partial charge in [0.05, 0.1) is 6.54 Å². The fourth-order valence-corrected chi connectivity index (χ4v) is 1.83. The van der Waals surface area contributed by atoms with E-state index in [1.807, 2.05) is 0 Å². The van der Waals surface area contributed by atoms with Crippen molar-refractivity contribution in [3.8, 4) is 0 Å². The Morgan fingerprint density at radius 2 is 1.75 bits per heavy atom. The Bertz CT molecular complexity index is 671. The van der Waals surface area contributed by atoms with Gasteiger partial charge in [0.25, 0.3) is 5.56 Å². The predicted octanol–water partition coefficient (Wildman–Crippen LogP) is 2.64. The molecule has 20 heavy (non-hydrogen) atoms. The van der Waals surface area contributed by atoms with Crippen molar-refractivity contribution in [1.29, 1.82) is 0 Å². The molecule has 1 aromatic heterocycles. The number of benzene rings is 1. The second kappa shape index (κ2) is 4.99. The Balaban J connectivity index is 2.57. The third-order valence-electron chi connectivity index (χ3n) is 2.81. The van der Waals surface area contributed by atoms with Gasteiger partial charge >= 0.3 is 6.18 Å². The molecule has 0 fully saturated rings. The maximum absolute atomic E-state index is 13.6. The van der Waals surface area contributed by atoms with Crippen LogP contribution in [0.25, 0.3) is 0 Å². The van der Waals surface area contributed by atoms with Crippen LogP contribution in [0.1, 0.15) is 11.3 Å². The zero-order chi connectivity index (χ0) is 14.9. The van der Waals surface area contributed by atoms with E-state index in [9.17, 15) is 22.4 Å². The van der Waals surface area contributed by atoms with Crippen molar-refractivity contribution >= 4 is 5.69 Å². The molecule has 0 saturated carbocycles. The zero-order valence-electron chi connectivity index (χ0n) is 10.1. The van der Waals surface area contributed by atoms with E-state index in [1.165, 1.54) is 12.1 Å². The number of nitrogen functional groups attached to an aromatic ring is 1. The molecular formula is C13H10F4N2O. The Labute approximate surface area is 111 Å². The summed E-state index contributed by atoms with van der Waals surface area (Å²) in [7, 11) is 0. The molecule has 0 aliphatic heterocycles. The minimum absolute atomic E-state index is 0.00567. The van der Waals surface area contributed by atoms with E-state index in [2.05, 4.69) is 0 Å². The molecule has 106 valence electrons. The monoisotopic (exact) mass is 286 g/mol. The van der Waals surface area contributed by atoms with Crippen LogP contribution >= 0.6 is 0 Å². The number of anilines is 1. The zero-order valence-corrected chi connectivity index (χ0v) is 10.1. The number of nitrogens with two attached hydrogens (primary N) is 1. The van der Waals surface area contributed by atoms with E-state index >= 15 is 0 Å². The van der Waals surface area contributed by atoms with Crippen molar-refractivity contribution in [2.45, 2.75) is 12.7 Å². The molecule has 2 aromatic rings. The van der Waals surface area contributed by atoms with Crippen molar-refractivity contribution in [1.82, 2.24) is 4.57 Å². The van der Waals surface area contributed by atoms with E-state index in [4.69, 9.17) is 5.73 Å². The van der Waals surface area contributed by atoms with Gasteiger partial charge < -0.3 is 5.73 Å². The summed E-state index contributed by atoms with van der Waals surface area (Å²) in [5.41, 5.74) is 3.37. The lowest BCUT2D eigenvalue weighted by Gasteiger charge is -2.16. The Hall–Kier alpha value is -2.31. The fourth-order valence-electron chi connectivity index (χ4n) is 1.83. The molecule has 0 bridgehead atoms. The molecule has 7 heteroatoms. The first-order chi connectivity index (χ1) is 9.30. The molecule has 2 rings (SSSR count). The summed E-state index contributed by atoms with van der Waals surface area (Å²) in [6.07, 6.45) is -4.71. The van der Waals surface area contributed by atoms with Gasteiger partial charge in [0, 0.05) is 17.3 Å². The van der Waals surface area contributed by atoms with Crippen LogP contribution in [-0.4, -0.2) is 4.57 Å². The number of hydrogen-bond acceptors (Lipinski definition) is 2. The third kappa shape index (κ3) is 2.66. The summed E-state index contributed by atoms with van der Waals surface area (Å²) in [5.74, 6) is -0.756. The van der Waals surface area contributed by atoms with Gasteiger partial charge in [-0.15, -0.1) is 0 Å². The molecule has 1 heterocycles. The molecule has 0 radical (unpaired) electrons. The molecule has 0 aliphatic carbocycles. The number of nitrogens with zero attached hydrogens (tertiary/aromatic N) is 1. The lowest BCUT2D eigenvalue weighted by Crippen LogP contribution is -2.28. The fraction of sp³-hybridized carbons (Fsp3) is 0.154. The second-order valence-corrected chi connectivity index (χ2v) is 4.14. The van der Waals surface area contributed by atoms with Crippen LogP contribution in [0, 0.1) is 5.82 Å². The van der Waals surface area contributed by atoms with Crippen LogP contribution in [0.15, 0.2) is 41.2 Å². The average Bonchev–Trinajstić information content (AvgIpc) is 2.34. The number of alkyl halides is 3. The second-order valence-electron chi connectivity index (χ2n) is 4.14. The first-order valence-electron chi connectivity index (χ1n) is 5.60. The summed E-state index contributed by atoms with van der Waals surface area (Å²) < 4.78 is 52.6. The van der Waals surface area contributed by atoms with Crippen LogP contribution in [0.2, 0.25) is 0 Å². The van der Waals surface area contributed by atoms with E-state index in [0.29, 0.717) is 4.57 Å². The number of rotatable bonds is 2. The van der Waals surface area contributed by atoms with Crippen LogP contribution in [0.4, 0.5) is 23.2 Å². The molecule has 0 spiro atoms. The van der Waals surface area contributed by atoms with Gasteiger partial charge in [-0.1, -0.05) is 12.1 Å². The minimum Gasteiger partial charge on any atom is -0.398 e. The van der Waals surface area contributed by atoms with Crippen LogP contribution < -0.4 is 11.3 Å². The highest BCUT2D eigenvalue weighted by Crippen LogP contribution is 2.29. The molecular weight excluding hydrogens is 276 g/mol. The van der Waals surface area contributed by atoms with Gasteiger partial charge in [-0.2, -0.15) is 13.2 Å². The quantitative estimate of drug-likeness (QED) is 0.681. The van der Waals surface area contributed by atoms with Crippen molar-refractivity contribution in [3.05, 3.63) is 63.8 Å². The van der Waals surface area contributed by atoms with Gasteiger partial charge in [0.2, 0.25) is 0 Å². The Morgan fingerprint density at radius 3 is 2.35 bits per heavy atom. The maximum atomic E-state index is 13.6. The molecule has 0 atom stereocenters. The number of hydrogen-bond donors (Lipinski definition) is 1. The highest BCUT2D eigenvalue weighted by Gasteiger charge is 2.34. The van der Waals surface area contributed by atoms with Gasteiger partial charge in [-0.05, 0) is 18.2 Å². The first kappa shape index (κ1) is 14.1. The Kier molecular flexibility index (Phi) is 3.52. The maximum Gasteiger partial charge on any atom is 0.431 e. The summed E-state index contributed by atoms with van der Waals surface area (Å²) in [6, 6.07) is 6.52. The van der Waals surface area contributed by atoms with Crippen molar-refractivity contribution in [2.24, 2.45) is 0 Å². The largest absolute Gasteiger partial charge is 0.431 e. The summed E-state index contributed by atoms with van der Waals surface area (Å²) in [5, 5.41) is 0. The summed E-state index contributed by atoms with van der Waals surface area (Å²) >= 11 is 0. The smallest absolute Gasteiger partial charge is 0.398 e. The molecule has 1 aromatic carbocycles. The van der Waals surface area contributed by atoms with E-state index in [0.717, 1.165) is 24.3 Å². The number of pyridine rings is 1. The number of aromatic nitrogens is 1. The molecule has 0 unspecified atom stereocenters. The Morgan fingerprint density at radius 1 is 1.10 bits per heavy atom. The van der Waals surface area contributed by atoms with E-state index in [1.54, 1.807) is 0 Å². The molecule has 0 amide bonds. The summed E-state index contributed by atoms with van der Waals surface area (Å²) in [6.45, 7) is -0.576. The summed E-state index contributed by atoms with van der Waals surface area (Å²) in [4.78, 5) is 11.6. The number of halogens is 4. The standard InChI is InChI=1S/C13H10F4N2O/c14-9-3-1-4-10(18)8(9)7-19-11(13(15,16)17)5-2-6-12(19)20/h1-6H,7,18H2. The average molecular weight is 286 g/mol.